The molecule has 0 fully saturated rings. The summed E-state index contributed by atoms with van der Waals surface area (Å²) in [6, 6.07) is 3.98. The lowest BCUT2D eigenvalue weighted by Gasteiger charge is -2.03. The molecule has 0 aliphatic heterocycles. The summed E-state index contributed by atoms with van der Waals surface area (Å²) in [5.41, 5.74) is 3.14. The maximum absolute atomic E-state index is 4.45. The predicted molar refractivity (Wildman–Crippen MR) is 70.4 cm³/mol. The van der Waals surface area contributed by atoms with Crippen LogP contribution in [0.5, 0.6) is 0 Å². The maximum atomic E-state index is 4.45. The third kappa shape index (κ3) is 2.35. The van der Waals surface area contributed by atoms with Gasteiger partial charge in [-0.1, -0.05) is 0 Å². The van der Waals surface area contributed by atoms with Gasteiger partial charge in [-0.15, -0.1) is 0 Å². The fraction of sp³-hybridized carbons (Fsp3) is 0.273. The van der Waals surface area contributed by atoms with Crippen LogP contribution in [0.4, 0.5) is 0 Å². The van der Waals surface area contributed by atoms with Gasteiger partial charge >= 0.3 is 0 Å². The summed E-state index contributed by atoms with van der Waals surface area (Å²) >= 11 is 6.88. The van der Waals surface area contributed by atoms with Gasteiger partial charge in [0.1, 0.15) is 0 Å². The number of aryl methyl sites for hydroxylation is 1. The number of aromatic nitrogens is 3. The molecule has 0 atom stereocenters. The summed E-state index contributed by atoms with van der Waals surface area (Å²) in [6.45, 7) is 4.73. The molecule has 0 saturated carbocycles. The largest absolute Gasteiger partial charge is 0.262 e. The van der Waals surface area contributed by atoms with Crippen molar-refractivity contribution in [1.29, 1.82) is 0 Å². The van der Waals surface area contributed by atoms with Crippen molar-refractivity contribution in [2.24, 2.45) is 0 Å². The molecule has 3 nitrogen and oxygen atoms in total. The normalized spacial score (nSPS) is 10.8. The summed E-state index contributed by atoms with van der Waals surface area (Å²) in [5.74, 6) is 0. The first-order valence-corrected chi connectivity index (χ1v) is 6.46. The van der Waals surface area contributed by atoms with E-state index in [4.69, 9.17) is 0 Å². The zero-order valence-electron chi connectivity index (χ0n) is 9.04. The summed E-state index contributed by atoms with van der Waals surface area (Å²) < 4.78 is 4.02. The second kappa shape index (κ2) is 4.67. The Labute approximate surface area is 111 Å². The first-order valence-electron chi connectivity index (χ1n) is 4.88. The summed E-state index contributed by atoms with van der Waals surface area (Å²) in [4.78, 5) is 4.33. The van der Waals surface area contributed by atoms with E-state index in [1.54, 1.807) is 6.20 Å². The molecule has 0 unspecified atom stereocenters. The number of halogens is 2. The smallest absolute Gasteiger partial charge is 0.0834 e. The molecule has 16 heavy (non-hydrogen) atoms. The highest BCUT2D eigenvalue weighted by Gasteiger charge is 2.09. The zero-order valence-corrected chi connectivity index (χ0v) is 12.2. The topological polar surface area (TPSA) is 30.7 Å². The molecule has 0 amide bonds. The van der Waals surface area contributed by atoms with Gasteiger partial charge < -0.3 is 0 Å². The second-order valence-electron chi connectivity index (χ2n) is 3.61. The molecule has 0 aliphatic rings. The molecule has 2 heterocycles. The molecule has 0 N–H and O–H groups in total. The SMILES string of the molecule is Cc1nn(Cc2ccc(Br)cn2)c(C)c1Br. The Bertz CT molecular complexity index is 503. The van der Waals surface area contributed by atoms with Crippen LogP contribution in [0.2, 0.25) is 0 Å². The Balaban J connectivity index is 2.27. The molecule has 2 rings (SSSR count). The zero-order chi connectivity index (χ0) is 11.7. The fourth-order valence-corrected chi connectivity index (χ4v) is 2.00. The number of hydrogen-bond acceptors (Lipinski definition) is 2. The van der Waals surface area contributed by atoms with Crippen LogP contribution < -0.4 is 0 Å². The molecule has 0 saturated heterocycles. The molecule has 2 aromatic rings. The minimum absolute atomic E-state index is 0.700. The predicted octanol–water partition coefficient (Wildman–Crippen LogP) is 3.47. The lowest BCUT2D eigenvalue weighted by Crippen LogP contribution is -2.05. The summed E-state index contributed by atoms with van der Waals surface area (Å²) in [6.07, 6.45) is 1.80. The van der Waals surface area contributed by atoms with Crippen molar-refractivity contribution in [3.05, 3.63) is 44.4 Å². The van der Waals surface area contributed by atoms with E-state index in [9.17, 15) is 0 Å². The number of rotatable bonds is 2. The average Bonchev–Trinajstić information content (AvgIpc) is 2.50. The standard InChI is InChI=1S/C11H11Br2N3/c1-7-11(13)8(2)16(15-7)6-10-4-3-9(12)5-14-10/h3-5H,6H2,1-2H3. The monoisotopic (exact) mass is 343 g/mol. The van der Waals surface area contributed by atoms with Crippen LogP contribution in [0.1, 0.15) is 17.1 Å². The number of pyridine rings is 1. The molecular weight excluding hydrogens is 334 g/mol. The third-order valence-corrected chi connectivity index (χ3v) is 4.01. The molecule has 0 radical (unpaired) electrons. The van der Waals surface area contributed by atoms with Gasteiger partial charge in [-0.2, -0.15) is 5.10 Å². The van der Waals surface area contributed by atoms with Gasteiger partial charge in [0.2, 0.25) is 0 Å². The third-order valence-electron chi connectivity index (χ3n) is 2.39. The molecule has 0 bridgehead atoms. The molecule has 84 valence electrons. The van der Waals surface area contributed by atoms with Gasteiger partial charge in [-0.25, -0.2) is 0 Å². The maximum Gasteiger partial charge on any atom is 0.0834 e. The van der Waals surface area contributed by atoms with Gasteiger partial charge in [-0.05, 0) is 57.8 Å². The van der Waals surface area contributed by atoms with Gasteiger partial charge in [0.15, 0.2) is 0 Å². The first-order chi connectivity index (χ1) is 7.58. The molecule has 0 spiro atoms. The first kappa shape index (κ1) is 11.8. The van der Waals surface area contributed by atoms with E-state index in [0.29, 0.717) is 6.54 Å². The van der Waals surface area contributed by atoms with Crippen LogP contribution in [0, 0.1) is 13.8 Å². The highest BCUT2D eigenvalue weighted by atomic mass is 79.9. The molecule has 5 heteroatoms. The van der Waals surface area contributed by atoms with Crippen molar-refractivity contribution < 1.29 is 0 Å². The van der Waals surface area contributed by atoms with Crippen molar-refractivity contribution in [2.45, 2.75) is 20.4 Å². The van der Waals surface area contributed by atoms with Crippen molar-refractivity contribution in [2.75, 3.05) is 0 Å². The number of nitrogens with zero attached hydrogens (tertiary/aromatic N) is 3. The van der Waals surface area contributed by atoms with Crippen molar-refractivity contribution in [1.82, 2.24) is 14.8 Å². The highest BCUT2D eigenvalue weighted by molar-refractivity contribution is 9.10. The molecular formula is C11H11Br2N3. The van der Waals surface area contributed by atoms with E-state index in [1.807, 2.05) is 30.7 Å². The van der Waals surface area contributed by atoms with E-state index in [-0.39, 0.29) is 0 Å². The van der Waals surface area contributed by atoms with Crippen LogP contribution in [-0.2, 0) is 6.54 Å². The van der Waals surface area contributed by atoms with Gasteiger partial charge in [0.05, 0.1) is 28.1 Å². The van der Waals surface area contributed by atoms with Gasteiger partial charge in [-0.3, -0.25) is 9.67 Å². The quantitative estimate of drug-likeness (QED) is 0.835. The average molecular weight is 345 g/mol. The molecule has 2 aromatic heterocycles. The lowest BCUT2D eigenvalue weighted by atomic mass is 10.3. The lowest BCUT2D eigenvalue weighted by molar-refractivity contribution is 0.646. The van der Waals surface area contributed by atoms with Crippen LogP contribution in [0.15, 0.2) is 27.3 Å². The molecule has 0 aliphatic carbocycles. The number of hydrogen-bond donors (Lipinski definition) is 0. The van der Waals surface area contributed by atoms with E-state index >= 15 is 0 Å². The van der Waals surface area contributed by atoms with Crippen molar-refractivity contribution >= 4 is 31.9 Å². The Morgan fingerprint density at radius 2 is 2.00 bits per heavy atom. The van der Waals surface area contributed by atoms with Crippen LogP contribution >= 0.6 is 31.9 Å². The van der Waals surface area contributed by atoms with Crippen molar-refractivity contribution in [3.8, 4) is 0 Å². The van der Waals surface area contributed by atoms with E-state index in [0.717, 1.165) is 26.0 Å². The van der Waals surface area contributed by atoms with E-state index < -0.39 is 0 Å². The Morgan fingerprint density at radius 3 is 2.50 bits per heavy atom. The van der Waals surface area contributed by atoms with Crippen LogP contribution in [0.25, 0.3) is 0 Å². The van der Waals surface area contributed by atoms with Crippen LogP contribution in [-0.4, -0.2) is 14.8 Å². The second-order valence-corrected chi connectivity index (χ2v) is 5.32. The summed E-state index contributed by atoms with van der Waals surface area (Å²) in [7, 11) is 0. The van der Waals surface area contributed by atoms with Crippen LogP contribution in [0.3, 0.4) is 0 Å². The summed E-state index contributed by atoms with van der Waals surface area (Å²) in [5, 5.41) is 4.45. The van der Waals surface area contributed by atoms with E-state index in [2.05, 4.69) is 41.9 Å². The Morgan fingerprint density at radius 1 is 1.25 bits per heavy atom. The fourth-order valence-electron chi connectivity index (χ4n) is 1.48. The Kier molecular flexibility index (Phi) is 3.44. The van der Waals surface area contributed by atoms with Gasteiger partial charge in [0, 0.05) is 10.7 Å². The highest BCUT2D eigenvalue weighted by Crippen LogP contribution is 2.20. The van der Waals surface area contributed by atoms with E-state index in [1.165, 1.54) is 0 Å². The minimum atomic E-state index is 0.700. The Hall–Kier alpha value is -0.680. The van der Waals surface area contributed by atoms with Crippen molar-refractivity contribution in [3.63, 3.8) is 0 Å². The molecule has 0 aromatic carbocycles. The minimum Gasteiger partial charge on any atom is -0.262 e. The van der Waals surface area contributed by atoms with Gasteiger partial charge in [0.25, 0.3) is 0 Å².